The third kappa shape index (κ3) is 3.05. The van der Waals surface area contributed by atoms with Gasteiger partial charge >= 0.3 is 0 Å². The van der Waals surface area contributed by atoms with E-state index in [0.29, 0.717) is 28.7 Å². The minimum Gasteiger partial charge on any atom is -0.481 e. The molecule has 1 fully saturated rings. The largest absolute Gasteiger partial charge is 0.481 e. The van der Waals surface area contributed by atoms with E-state index in [1.165, 1.54) is 0 Å². The first-order valence-corrected chi connectivity index (χ1v) is 7.93. The molecule has 0 spiro atoms. The third-order valence-corrected chi connectivity index (χ3v) is 5.53. The summed E-state index contributed by atoms with van der Waals surface area (Å²) in [7, 11) is 1.64. The topological polar surface area (TPSA) is 47.0 Å². The Bertz CT molecular complexity index is 471. The van der Waals surface area contributed by atoms with Crippen molar-refractivity contribution in [3.05, 3.63) is 18.1 Å². The van der Waals surface area contributed by atoms with Crippen LogP contribution in [0.15, 0.2) is 12.4 Å². The molecule has 1 heterocycles. The summed E-state index contributed by atoms with van der Waals surface area (Å²) in [6.07, 6.45) is 3.67. The van der Waals surface area contributed by atoms with E-state index in [4.69, 9.17) is 4.74 Å². The van der Waals surface area contributed by atoms with Gasteiger partial charge in [0, 0.05) is 24.2 Å². The van der Waals surface area contributed by atoms with Crippen LogP contribution in [0.1, 0.15) is 46.7 Å². The summed E-state index contributed by atoms with van der Waals surface area (Å²) in [5.74, 6) is 1.31. The van der Waals surface area contributed by atoms with Gasteiger partial charge in [0.2, 0.25) is 5.88 Å². The zero-order valence-electron chi connectivity index (χ0n) is 14.2. The van der Waals surface area contributed by atoms with Crippen LogP contribution in [0.3, 0.4) is 0 Å². The normalized spacial score (nSPS) is 21.0. The number of hydrogen-bond donors (Lipinski definition) is 1. The zero-order chi connectivity index (χ0) is 15.7. The summed E-state index contributed by atoms with van der Waals surface area (Å²) in [6, 6.07) is 2.40. The molecule has 0 aromatic carbocycles. The van der Waals surface area contributed by atoms with Crippen LogP contribution in [0.2, 0.25) is 0 Å². The molecular weight excluding hydrogens is 262 g/mol. The highest BCUT2D eigenvalue weighted by Crippen LogP contribution is 2.69. The van der Waals surface area contributed by atoms with Crippen molar-refractivity contribution in [3.63, 3.8) is 0 Å². The number of ether oxygens (including phenoxy) is 1. The second-order valence-corrected chi connectivity index (χ2v) is 7.24. The lowest BCUT2D eigenvalue weighted by Crippen LogP contribution is -2.36. The molecular formula is C17H29N3O. The number of nitrogens with one attached hydrogen (secondary N) is 1. The number of rotatable bonds is 7. The fourth-order valence-electron chi connectivity index (χ4n) is 3.72. The van der Waals surface area contributed by atoms with Crippen LogP contribution < -0.4 is 10.1 Å². The molecule has 0 amide bonds. The zero-order valence-corrected chi connectivity index (χ0v) is 14.2. The quantitative estimate of drug-likeness (QED) is 0.838. The van der Waals surface area contributed by atoms with Crippen molar-refractivity contribution in [3.8, 4) is 5.88 Å². The molecule has 0 aliphatic heterocycles. The van der Waals surface area contributed by atoms with Crippen molar-refractivity contribution >= 4 is 0 Å². The summed E-state index contributed by atoms with van der Waals surface area (Å²) in [5, 5.41) is 3.73. The summed E-state index contributed by atoms with van der Waals surface area (Å²) in [5.41, 5.74) is 1.79. The highest BCUT2D eigenvalue weighted by molar-refractivity contribution is 5.20. The molecule has 1 aliphatic rings. The van der Waals surface area contributed by atoms with Crippen LogP contribution in [-0.4, -0.2) is 29.7 Å². The molecule has 1 N–H and O–H groups in total. The molecule has 21 heavy (non-hydrogen) atoms. The molecule has 2 rings (SSSR count). The maximum absolute atomic E-state index is 5.20. The van der Waals surface area contributed by atoms with Gasteiger partial charge < -0.3 is 10.1 Å². The fourth-order valence-corrected chi connectivity index (χ4v) is 3.72. The van der Waals surface area contributed by atoms with Gasteiger partial charge in [-0.2, -0.15) is 0 Å². The second kappa shape index (κ2) is 5.91. The van der Waals surface area contributed by atoms with Gasteiger partial charge in [-0.25, -0.2) is 9.97 Å². The maximum Gasteiger partial charge on any atom is 0.216 e. The van der Waals surface area contributed by atoms with Crippen molar-refractivity contribution in [2.75, 3.05) is 13.7 Å². The average Bonchev–Trinajstić information content (AvgIpc) is 2.85. The fraction of sp³-hybridized carbons (Fsp3) is 0.765. The van der Waals surface area contributed by atoms with E-state index in [0.717, 1.165) is 25.1 Å². The Labute approximate surface area is 128 Å². The number of hydrogen-bond acceptors (Lipinski definition) is 4. The van der Waals surface area contributed by atoms with Crippen LogP contribution in [0.5, 0.6) is 5.88 Å². The van der Waals surface area contributed by atoms with Crippen LogP contribution in [0, 0.1) is 16.7 Å². The summed E-state index contributed by atoms with van der Waals surface area (Å²) in [4.78, 5) is 8.50. The molecule has 118 valence electrons. The van der Waals surface area contributed by atoms with E-state index in [9.17, 15) is 0 Å². The molecule has 1 aromatic heterocycles. The van der Waals surface area contributed by atoms with Gasteiger partial charge in [-0.3, -0.25) is 0 Å². The molecule has 4 nitrogen and oxygen atoms in total. The minimum absolute atomic E-state index is 0.371. The first kappa shape index (κ1) is 16.2. The predicted octanol–water partition coefficient (Wildman–Crippen LogP) is 3.08. The van der Waals surface area contributed by atoms with Gasteiger partial charge in [0.25, 0.3) is 0 Å². The predicted molar refractivity (Wildman–Crippen MR) is 85.4 cm³/mol. The van der Waals surface area contributed by atoms with Crippen molar-refractivity contribution < 1.29 is 4.74 Å². The van der Waals surface area contributed by atoms with Crippen molar-refractivity contribution in [1.29, 1.82) is 0 Å². The Hall–Kier alpha value is -1.16. The Balaban J connectivity index is 2.14. The van der Waals surface area contributed by atoms with E-state index in [-0.39, 0.29) is 0 Å². The second-order valence-electron chi connectivity index (χ2n) is 7.24. The molecule has 0 bridgehead atoms. The molecule has 0 radical (unpaired) electrons. The Morgan fingerprint density at radius 3 is 2.43 bits per heavy atom. The van der Waals surface area contributed by atoms with E-state index in [1.54, 1.807) is 13.4 Å². The third-order valence-electron chi connectivity index (χ3n) is 5.53. The molecule has 1 saturated carbocycles. The molecule has 1 unspecified atom stereocenters. The SMILES string of the molecule is CCCNC(Cc1cc(OC)ncn1)C1C(C)(C)C1(C)C. The van der Waals surface area contributed by atoms with E-state index >= 15 is 0 Å². The van der Waals surface area contributed by atoms with Crippen molar-refractivity contribution in [2.24, 2.45) is 16.7 Å². The standard InChI is InChI=1S/C17H29N3O/c1-7-8-18-13(15-16(2,3)17(15,4)5)9-12-10-14(21-6)20-11-19-12/h10-11,13,15,18H,7-9H2,1-6H3. The van der Waals surface area contributed by atoms with Crippen LogP contribution in [-0.2, 0) is 6.42 Å². The Morgan fingerprint density at radius 2 is 1.90 bits per heavy atom. The van der Waals surface area contributed by atoms with Gasteiger partial charge in [-0.15, -0.1) is 0 Å². The molecule has 0 saturated heterocycles. The van der Waals surface area contributed by atoms with Gasteiger partial charge in [0.1, 0.15) is 6.33 Å². The van der Waals surface area contributed by atoms with Crippen LogP contribution in [0.4, 0.5) is 0 Å². The molecule has 1 aromatic rings. The Morgan fingerprint density at radius 1 is 1.24 bits per heavy atom. The van der Waals surface area contributed by atoms with Crippen LogP contribution >= 0.6 is 0 Å². The first-order valence-electron chi connectivity index (χ1n) is 7.93. The van der Waals surface area contributed by atoms with E-state index in [2.05, 4.69) is 49.9 Å². The number of aromatic nitrogens is 2. The minimum atomic E-state index is 0.371. The molecule has 1 atom stereocenters. The van der Waals surface area contributed by atoms with Crippen LogP contribution in [0.25, 0.3) is 0 Å². The highest BCUT2D eigenvalue weighted by atomic mass is 16.5. The maximum atomic E-state index is 5.20. The highest BCUT2D eigenvalue weighted by Gasteiger charge is 2.66. The first-order chi connectivity index (χ1) is 9.84. The molecule has 4 heteroatoms. The Kier molecular flexibility index (Phi) is 4.57. The smallest absolute Gasteiger partial charge is 0.216 e. The van der Waals surface area contributed by atoms with Gasteiger partial charge in [0.05, 0.1) is 7.11 Å². The lowest BCUT2D eigenvalue weighted by molar-refractivity contribution is 0.384. The molecule has 1 aliphatic carbocycles. The monoisotopic (exact) mass is 291 g/mol. The van der Waals surface area contributed by atoms with Gasteiger partial charge in [0.15, 0.2) is 0 Å². The van der Waals surface area contributed by atoms with Crippen molar-refractivity contribution in [2.45, 2.75) is 53.5 Å². The summed E-state index contributed by atoms with van der Waals surface area (Å²) in [6.45, 7) is 12.8. The lowest BCUT2D eigenvalue weighted by Gasteiger charge is -2.20. The van der Waals surface area contributed by atoms with Crippen molar-refractivity contribution in [1.82, 2.24) is 15.3 Å². The van der Waals surface area contributed by atoms with Gasteiger partial charge in [-0.05, 0) is 29.7 Å². The van der Waals surface area contributed by atoms with Gasteiger partial charge in [-0.1, -0.05) is 34.6 Å². The van der Waals surface area contributed by atoms with E-state index < -0.39 is 0 Å². The van der Waals surface area contributed by atoms with E-state index in [1.807, 2.05) is 6.07 Å². The lowest BCUT2D eigenvalue weighted by atomic mass is 9.99. The number of nitrogens with zero attached hydrogens (tertiary/aromatic N) is 2. The summed E-state index contributed by atoms with van der Waals surface area (Å²) < 4.78 is 5.20. The average molecular weight is 291 g/mol. The number of methoxy groups -OCH3 is 1. The summed E-state index contributed by atoms with van der Waals surface area (Å²) >= 11 is 0.